The fourth-order valence-corrected chi connectivity index (χ4v) is 3.93. The fraction of sp³-hybridized carbons (Fsp3) is 0.286. The molecule has 1 aliphatic heterocycles. The summed E-state index contributed by atoms with van der Waals surface area (Å²) in [5, 5.41) is 2.82. The first-order valence-corrected chi connectivity index (χ1v) is 8.99. The topological polar surface area (TPSA) is 66.5 Å². The molecular formula is C21H20N2O3. The van der Waals surface area contributed by atoms with Crippen molar-refractivity contribution in [2.24, 2.45) is 11.8 Å². The monoisotopic (exact) mass is 348 g/mol. The van der Waals surface area contributed by atoms with Gasteiger partial charge >= 0.3 is 0 Å². The van der Waals surface area contributed by atoms with Gasteiger partial charge in [0.2, 0.25) is 11.8 Å². The number of nitrogens with zero attached hydrogens (tertiary/aromatic N) is 1. The number of rotatable bonds is 3. The highest BCUT2D eigenvalue weighted by Crippen LogP contribution is 2.40. The normalized spacial score (nSPS) is 22.2. The lowest BCUT2D eigenvalue weighted by Crippen LogP contribution is -2.31. The van der Waals surface area contributed by atoms with Crippen molar-refractivity contribution in [1.82, 2.24) is 0 Å². The second-order valence-electron chi connectivity index (χ2n) is 6.88. The zero-order chi connectivity index (χ0) is 18.1. The highest BCUT2D eigenvalue weighted by molar-refractivity contribution is 6.22. The Hall–Kier alpha value is -2.95. The molecule has 1 aliphatic carbocycles. The van der Waals surface area contributed by atoms with E-state index in [1.165, 1.54) is 4.90 Å². The fourth-order valence-electron chi connectivity index (χ4n) is 3.93. The Morgan fingerprint density at radius 2 is 1.54 bits per heavy atom. The van der Waals surface area contributed by atoms with E-state index in [1.807, 2.05) is 18.2 Å². The maximum atomic E-state index is 12.7. The Labute approximate surface area is 152 Å². The number of carbonyl (C=O) groups is 3. The Bertz CT molecular complexity index is 839. The number of nitrogens with one attached hydrogen (secondary N) is 1. The number of fused-ring (bicyclic) bond motifs is 1. The van der Waals surface area contributed by atoms with E-state index in [0.29, 0.717) is 16.9 Å². The summed E-state index contributed by atoms with van der Waals surface area (Å²) in [4.78, 5) is 39.2. The summed E-state index contributed by atoms with van der Waals surface area (Å²) < 4.78 is 0. The number of hydrogen-bond donors (Lipinski definition) is 1. The van der Waals surface area contributed by atoms with Crippen molar-refractivity contribution in [3.05, 3.63) is 60.2 Å². The molecule has 0 radical (unpaired) electrons. The van der Waals surface area contributed by atoms with Gasteiger partial charge in [-0.2, -0.15) is 0 Å². The van der Waals surface area contributed by atoms with Crippen LogP contribution in [-0.4, -0.2) is 17.7 Å². The van der Waals surface area contributed by atoms with E-state index < -0.39 is 0 Å². The van der Waals surface area contributed by atoms with Gasteiger partial charge in [-0.25, -0.2) is 0 Å². The minimum Gasteiger partial charge on any atom is -0.322 e. The third-order valence-electron chi connectivity index (χ3n) is 5.24. The van der Waals surface area contributed by atoms with Gasteiger partial charge in [-0.3, -0.25) is 19.3 Å². The molecule has 0 bridgehead atoms. The molecule has 2 fully saturated rings. The lowest BCUT2D eigenvalue weighted by molar-refractivity contribution is -0.122. The number of carbonyl (C=O) groups excluding carboxylic acids is 3. The summed E-state index contributed by atoms with van der Waals surface area (Å²) >= 11 is 0. The van der Waals surface area contributed by atoms with Crippen LogP contribution in [0, 0.1) is 11.8 Å². The molecule has 2 aromatic carbocycles. The van der Waals surface area contributed by atoms with Crippen LogP contribution < -0.4 is 10.2 Å². The van der Waals surface area contributed by atoms with Crippen molar-refractivity contribution < 1.29 is 14.4 Å². The number of hydrogen-bond acceptors (Lipinski definition) is 3. The van der Waals surface area contributed by atoms with Crippen LogP contribution in [0.3, 0.4) is 0 Å². The zero-order valence-corrected chi connectivity index (χ0v) is 14.4. The molecule has 2 aliphatic rings. The van der Waals surface area contributed by atoms with E-state index in [1.54, 1.807) is 36.4 Å². The van der Waals surface area contributed by atoms with E-state index in [2.05, 4.69) is 5.32 Å². The lowest BCUT2D eigenvalue weighted by Gasteiger charge is -2.19. The molecule has 2 aromatic rings. The van der Waals surface area contributed by atoms with Crippen molar-refractivity contribution in [3.63, 3.8) is 0 Å². The second kappa shape index (κ2) is 6.75. The van der Waals surface area contributed by atoms with Crippen LogP contribution in [0.15, 0.2) is 54.6 Å². The molecule has 5 nitrogen and oxygen atoms in total. The van der Waals surface area contributed by atoms with Gasteiger partial charge in [0, 0.05) is 11.3 Å². The first kappa shape index (κ1) is 16.5. The van der Waals surface area contributed by atoms with Crippen molar-refractivity contribution in [3.8, 4) is 0 Å². The molecule has 2 atom stereocenters. The molecule has 1 saturated carbocycles. The second-order valence-corrected chi connectivity index (χ2v) is 6.88. The summed E-state index contributed by atoms with van der Waals surface area (Å²) in [5.74, 6) is -0.911. The van der Waals surface area contributed by atoms with Gasteiger partial charge in [-0.1, -0.05) is 37.1 Å². The smallest absolute Gasteiger partial charge is 0.255 e. The maximum absolute atomic E-state index is 12.7. The van der Waals surface area contributed by atoms with Gasteiger partial charge in [0.05, 0.1) is 17.5 Å². The number of benzene rings is 2. The lowest BCUT2D eigenvalue weighted by atomic mass is 9.81. The van der Waals surface area contributed by atoms with Crippen molar-refractivity contribution in [1.29, 1.82) is 0 Å². The maximum Gasteiger partial charge on any atom is 0.255 e. The summed E-state index contributed by atoms with van der Waals surface area (Å²) in [7, 11) is 0. The molecule has 1 N–H and O–H groups in total. The molecule has 3 amide bonds. The highest BCUT2D eigenvalue weighted by atomic mass is 16.2. The average Bonchev–Trinajstić information content (AvgIpc) is 2.94. The molecular weight excluding hydrogens is 328 g/mol. The van der Waals surface area contributed by atoms with Gasteiger partial charge in [-0.05, 0) is 43.2 Å². The Morgan fingerprint density at radius 3 is 2.19 bits per heavy atom. The van der Waals surface area contributed by atoms with Gasteiger partial charge in [0.15, 0.2) is 0 Å². The molecule has 5 heteroatoms. The van der Waals surface area contributed by atoms with E-state index >= 15 is 0 Å². The van der Waals surface area contributed by atoms with Crippen molar-refractivity contribution in [2.45, 2.75) is 25.7 Å². The molecule has 0 aromatic heterocycles. The van der Waals surface area contributed by atoms with Crippen molar-refractivity contribution in [2.75, 3.05) is 10.2 Å². The van der Waals surface area contributed by atoms with E-state index in [-0.39, 0.29) is 29.6 Å². The minimum absolute atomic E-state index is 0.125. The van der Waals surface area contributed by atoms with Crippen molar-refractivity contribution >= 4 is 29.1 Å². The van der Waals surface area contributed by atoms with Crippen LogP contribution in [-0.2, 0) is 9.59 Å². The molecule has 4 rings (SSSR count). The zero-order valence-electron chi connectivity index (χ0n) is 14.4. The molecule has 0 spiro atoms. The molecule has 1 heterocycles. The quantitative estimate of drug-likeness (QED) is 0.862. The van der Waals surface area contributed by atoms with Crippen LogP contribution in [0.4, 0.5) is 11.4 Å². The number of para-hydroxylation sites is 1. The molecule has 1 saturated heterocycles. The van der Waals surface area contributed by atoms with Gasteiger partial charge in [-0.15, -0.1) is 0 Å². The van der Waals surface area contributed by atoms with E-state index in [4.69, 9.17) is 0 Å². The van der Waals surface area contributed by atoms with E-state index in [0.717, 1.165) is 25.7 Å². The predicted molar refractivity (Wildman–Crippen MR) is 98.8 cm³/mol. The first-order valence-electron chi connectivity index (χ1n) is 8.99. The Kier molecular flexibility index (Phi) is 4.29. The van der Waals surface area contributed by atoms with Crippen LogP contribution in [0.1, 0.15) is 36.0 Å². The number of amides is 3. The minimum atomic E-state index is -0.269. The third-order valence-corrected chi connectivity index (χ3v) is 5.24. The standard InChI is InChI=1S/C21H20N2O3/c24-19(22-15-8-2-1-3-9-15)14-7-6-10-16(13-14)23-20(25)17-11-4-5-12-18(17)21(23)26/h1-3,6-10,13,17-18H,4-5,11-12H2,(H,22,24)/t17-,18+. The Balaban J connectivity index is 1.58. The average molecular weight is 348 g/mol. The molecule has 0 unspecified atom stereocenters. The number of anilines is 2. The summed E-state index contributed by atoms with van der Waals surface area (Å²) in [5.41, 5.74) is 1.60. The van der Waals surface area contributed by atoms with Crippen LogP contribution >= 0.6 is 0 Å². The van der Waals surface area contributed by atoms with Crippen LogP contribution in [0.25, 0.3) is 0 Å². The molecule has 26 heavy (non-hydrogen) atoms. The van der Waals surface area contributed by atoms with Gasteiger partial charge < -0.3 is 5.32 Å². The summed E-state index contributed by atoms with van der Waals surface area (Å²) in [6.45, 7) is 0. The molecule has 132 valence electrons. The predicted octanol–water partition coefficient (Wildman–Crippen LogP) is 3.62. The third kappa shape index (κ3) is 2.90. The van der Waals surface area contributed by atoms with Gasteiger partial charge in [0.25, 0.3) is 5.91 Å². The van der Waals surface area contributed by atoms with E-state index in [9.17, 15) is 14.4 Å². The van der Waals surface area contributed by atoms with Gasteiger partial charge in [0.1, 0.15) is 0 Å². The SMILES string of the molecule is O=C(Nc1ccccc1)c1cccc(N2C(=O)[C@H]3CCCC[C@H]3C2=O)c1. The first-order chi connectivity index (χ1) is 12.6. The van der Waals surface area contributed by atoms with Crippen LogP contribution in [0.5, 0.6) is 0 Å². The Morgan fingerprint density at radius 1 is 0.885 bits per heavy atom. The van der Waals surface area contributed by atoms with Crippen LogP contribution in [0.2, 0.25) is 0 Å². The summed E-state index contributed by atoms with van der Waals surface area (Å²) in [6, 6.07) is 15.9. The summed E-state index contributed by atoms with van der Waals surface area (Å²) in [6.07, 6.45) is 3.54. The highest BCUT2D eigenvalue weighted by Gasteiger charge is 2.48. The number of imide groups is 1. The largest absolute Gasteiger partial charge is 0.322 e.